The van der Waals surface area contributed by atoms with E-state index in [1.165, 1.54) is 10.6 Å². The molecular formula is C7H8N2O3. The molecule has 0 radical (unpaired) electrons. The summed E-state index contributed by atoms with van der Waals surface area (Å²) >= 11 is 0. The zero-order chi connectivity index (χ0) is 9.14. The highest BCUT2D eigenvalue weighted by molar-refractivity contribution is 5.67. The Morgan fingerprint density at radius 2 is 2.33 bits per heavy atom. The van der Waals surface area contributed by atoms with Gasteiger partial charge in [0.25, 0.3) is 5.56 Å². The van der Waals surface area contributed by atoms with Crippen molar-refractivity contribution in [1.82, 2.24) is 4.57 Å². The maximum atomic E-state index is 11.1. The maximum absolute atomic E-state index is 11.1. The molecule has 5 heteroatoms. The fourth-order valence-electron chi connectivity index (χ4n) is 0.758. The first-order valence-corrected chi connectivity index (χ1v) is 3.24. The first-order chi connectivity index (χ1) is 5.61. The lowest BCUT2D eigenvalue weighted by Crippen LogP contribution is -2.24. The van der Waals surface area contributed by atoms with Gasteiger partial charge in [0.05, 0.1) is 0 Å². The first-order valence-electron chi connectivity index (χ1n) is 3.24. The van der Waals surface area contributed by atoms with Crippen molar-refractivity contribution in [2.45, 2.75) is 0 Å². The van der Waals surface area contributed by atoms with Crippen LogP contribution < -0.4 is 16.0 Å². The first kappa shape index (κ1) is 8.32. The molecule has 0 aromatic carbocycles. The highest BCUT2D eigenvalue weighted by Crippen LogP contribution is 1.99. The van der Waals surface area contributed by atoms with Crippen LogP contribution in [-0.4, -0.2) is 10.7 Å². The minimum atomic E-state index is -0.988. The third-order valence-corrected chi connectivity index (χ3v) is 1.30. The molecule has 2 N–H and O–H groups in total. The average molecular weight is 168 g/mol. The number of carbonyl (C=O) groups excluding carboxylic acids is 1. The number of primary amides is 1. The van der Waals surface area contributed by atoms with Crippen LogP contribution >= 0.6 is 0 Å². The van der Waals surface area contributed by atoms with Crippen molar-refractivity contribution in [3.8, 4) is 5.75 Å². The molecule has 12 heavy (non-hydrogen) atoms. The molecule has 0 unspecified atom stereocenters. The number of pyridine rings is 1. The molecule has 0 aliphatic rings. The Balaban J connectivity index is 3.09. The molecule has 0 bridgehead atoms. The summed E-state index contributed by atoms with van der Waals surface area (Å²) in [6, 6.07) is 2.97. The Labute approximate surface area is 68.4 Å². The molecular weight excluding hydrogens is 160 g/mol. The van der Waals surface area contributed by atoms with Gasteiger partial charge in [-0.3, -0.25) is 4.79 Å². The van der Waals surface area contributed by atoms with Crippen molar-refractivity contribution in [2.24, 2.45) is 12.8 Å². The fourth-order valence-corrected chi connectivity index (χ4v) is 0.758. The van der Waals surface area contributed by atoms with Gasteiger partial charge in [0.2, 0.25) is 0 Å². The highest BCUT2D eigenvalue weighted by Gasteiger charge is 2.03. The van der Waals surface area contributed by atoms with Gasteiger partial charge in [0.15, 0.2) is 5.75 Å². The lowest BCUT2D eigenvalue weighted by Gasteiger charge is -2.00. The quantitative estimate of drug-likeness (QED) is 0.633. The van der Waals surface area contributed by atoms with Crippen LogP contribution in [0, 0.1) is 0 Å². The van der Waals surface area contributed by atoms with Gasteiger partial charge in [0.1, 0.15) is 0 Å². The van der Waals surface area contributed by atoms with Crippen LogP contribution in [0.15, 0.2) is 23.1 Å². The zero-order valence-electron chi connectivity index (χ0n) is 6.48. The number of rotatable bonds is 1. The van der Waals surface area contributed by atoms with E-state index in [1.807, 2.05) is 0 Å². The van der Waals surface area contributed by atoms with E-state index in [2.05, 4.69) is 4.74 Å². The van der Waals surface area contributed by atoms with Gasteiger partial charge in [-0.15, -0.1) is 0 Å². The second-order valence-corrected chi connectivity index (χ2v) is 2.21. The van der Waals surface area contributed by atoms with Gasteiger partial charge in [-0.1, -0.05) is 0 Å². The maximum Gasteiger partial charge on any atom is 0.410 e. The van der Waals surface area contributed by atoms with E-state index in [-0.39, 0.29) is 5.75 Å². The van der Waals surface area contributed by atoms with Gasteiger partial charge >= 0.3 is 6.09 Å². The monoisotopic (exact) mass is 168 g/mol. The van der Waals surface area contributed by atoms with E-state index >= 15 is 0 Å². The number of nitrogens with two attached hydrogens (primary N) is 1. The van der Waals surface area contributed by atoms with Crippen molar-refractivity contribution in [3.63, 3.8) is 0 Å². The van der Waals surface area contributed by atoms with Crippen LogP contribution in [0.5, 0.6) is 5.75 Å². The Morgan fingerprint density at radius 1 is 1.67 bits per heavy atom. The van der Waals surface area contributed by atoms with Crippen LogP contribution in [0.1, 0.15) is 0 Å². The Hall–Kier alpha value is -1.78. The third-order valence-electron chi connectivity index (χ3n) is 1.30. The number of hydrogen-bond acceptors (Lipinski definition) is 3. The molecule has 0 saturated heterocycles. The normalized spacial score (nSPS) is 9.42. The Morgan fingerprint density at radius 3 is 2.92 bits per heavy atom. The number of amides is 1. The van der Waals surface area contributed by atoms with Crippen LogP contribution in [-0.2, 0) is 7.05 Å². The Bertz CT molecular complexity index is 356. The standard InChI is InChI=1S/C7H8N2O3/c1-9-4-2-3-5(6(9)10)12-7(8)11/h2-4H,1H3,(H2,8,11). The third kappa shape index (κ3) is 1.63. The molecule has 0 aliphatic heterocycles. The van der Waals surface area contributed by atoms with Crippen molar-refractivity contribution in [2.75, 3.05) is 0 Å². The summed E-state index contributed by atoms with van der Waals surface area (Å²) in [5.41, 5.74) is 4.34. The number of carbonyl (C=O) groups is 1. The second-order valence-electron chi connectivity index (χ2n) is 2.21. The van der Waals surface area contributed by atoms with Crippen LogP contribution in [0.25, 0.3) is 0 Å². The van der Waals surface area contributed by atoms with Gasteiger partial charge < -0.3 is 15.0 Å². The molecule has 0 aliphatic carbocycles. The van der Waals surface area contributed by atoms with E-state index in [0.29, 0.717) is 0 Å². The summed E-state index contributed by atoms with van der Waals surface area (Å²) < 4.78 is 5.72. The molecule has 1 amide bonds. The van der Waals surface area contributed by atoms with Gasteiger partial charge in [0, 0.05) is 13.2 Å². The summed E-state index contributed by atoms with van der Waals surface area (Å²) in [7, 11) is 1.55. The topological polar surface area (TPSA) is 74.3 Å². The second kappa shape index (κ2) is 3.08. The minimum absolute atomic E-state index is 0.0625. The fraction of sp³-hybridized carbons (Fsp3) is 0.143. The molecule has 5 nitrogen and oxygen atoms in total. The Kier molecular flexibility index (Phi) is 2.14. The molecule has 0 atom stereocenters. The van der Waals surface area contributed by atoms with E-state index in [1.54, 1.807) is 19.3 Å². The number of ether oxygens (including phenoxy) is 1. The van der Waals surface area contributed by atoms with Crippen molar-refractivity contribution < 1.29 is 9.53 Å². The summed E-state index contributed by atoms with van der Waals surface area (Å²) in [6.45, 7) is 0. The zero-order valence-corrected chi connectivity index (χ0v) is 6.48. The van der Waals surface area contributed by atoms with Gasteiger partial charge in [-0.25, -0.2) is 4.79 Å². The SMILES string of the molecule is Cn1cccc(OC(N)=O)c1=O. The number of aromatic nitrogens is 1. The van der Waals surface area contributed by atoms with Crippen molar-refractivity contribution in [1.29, 1.82) is 0 Å². The number of hydrogen-bond donors (Lipinski definition) is 1. The molecule has 64 valence electrons. The van der Waals surface area contributed by atoms with E-state index in [9.17, 15) is 9.59 Å². The van der Waals surface area contributed by atoms with Gasteiger partial charge in [-0.05, 0) is 12.1 Å². The van der Waals surface area contributed by atoms with Crippen LogP contribution in [0.4, 0.5) is 4.79 Å². The number of aryl methyl sites for hydroxylation is 1. The predicted octanol–water partition coefficient (Wildman–Crippen LogP) is -0.157. The molecule has 1 aromatic rings. The van der Waals surface area contributed by atoms with Gasteiger partial charge in [-0.2, -0.15) is 0 Å². The van der Waals surface area contributed by atoms with E-state index in [4.69, 9.17) is 5.73 Å². The van der Waals surface area contributed by atoms with Crippen molar-refractivity contribution in [3.05, 3.63) is 28.7 Å². The average Bonchev–Trinajstić information content (AvgIpc) is 1.98. The van der Waals surface area contributed by atoms with E-state index < -0.39 is 11.7 Å². The summed E-state index contributed by atoms with van der Waals surface area (Å²) in [5.74, 6) is -0.0625. The largest absolute Gasteiger partial charge is 0.410 e. The predicted molar refractivity (Wildman–Crippen MR) is 41.9 cm³/mol. The smallest absolute Gasteiger partial charge is 0.405 e. The molecule has 0 saturated carbocycles. The van der Waals surface area contributed by atoms with Crippen molar-refractivity contribution >= 4 is 6.09 Å². The van der Waals surface area contributed by atoms with E-state index in [0.717, 1.165) is 0 Å². The molecule has 1 aromatic heterocycles. The molecule has 0 spiro atoms. The summed E-state index contributed by atoms with van der Waals surface area (Å²) in [4.78, 5) is 21.4. The molecule has 1 rings (SSSR count). The van der Waals surface area contributed by atoms with Crippen LogP contribution in [0.2, 0.25) is 0 Å². The lowest BCUT2D eigenvalue weighted by molar-refractivity contribution is 0.210. The molecule has 1 heterocycles. The number of nitrogens with zero attached hydrogens (tertiary/aromatic N) is 1. The summed E-state index contributed by atoms with van der Waals surface area (Å²) in [6.07, 6.45) is 0.564. The highest BCUT2D eigenvalue weighted by atomic mass is 16.5. The lowest BCUT2D eigenvalue weighted by atomic mass is 10.4. The molecule has 0 fully saturated rings. The minimum Gasteiger partial charge on any atom is -0.405 e. The summed E-state index contributed by atoms with van der Waals surface area (Å²) in [5, 5.41) is 0. The van der Waals surface area contributed by atoms with Crippen LogP contribution in [0.3, 0.4) is 0 Å².